The lowest BCUT2D eigenvalue weighted by Crippen LogP contribution is -2.45. The molecule has 6 heteroatoms. The maximum atomic E-state index is 12.9. The van der Waals surface area contributed by atoms with Crippen LogP contribution in [0.5, 0.6) is 0 Å². The molecule has 0 bridgehead atoms. The predicted molar refractivity (Wildman–Crippen MR) is 120 cm³/mol. The molecule has 2 amide bonds. The number of hydrogen-bond acceptors (Lipinski definition) is 3. The van der Waals surface area contributed by atoms with Gasteiger partial charge in [-0.25, -0.2) is 0 Å². The summed E-state index contributed by atoms with van der Waals surface area (Å²) in [6.07, 6.45) is 11.8. The van der Waals surface area contributed by atoms with Gasteiger partial charge in [0.05, 0.1) is 11.0 Å². The van der Waals surface area contributed by atoms with Gasteiger partial charge in [-0.3, -0.25) is 9.59 Å². The molecule has 1 atom stereocenters. The Kier molecular flexibility index (Phi) is 5.50. The van der Waals surface area contributed by atoms with Crippen molar-refractivity contribution < 1.29 is 9.59 Å². The first-order valence-corrected chi connectivity index (χ1v) is 10.3. The first-order valence-electron chi connectivity index (χ1n) is 9.92. The van der Waals surface area contributed by atoms with Crippen LogP contribution in [-0.2, 0) is 4.79 Å². The lowest BCUT2D eigenvalue weighted by molar-refractivity contribution is -0.116. The Morgan fingerprint density at radius 1 is 1.30 bits per heavy atom. The van der Waals surface area contributed by atoms with E-state index in [1.165, 1.54) is 0 Å². The zero-order valence-corrected chi connectivity index (χ0v) is 17.8. The third-order valence-electron chi connectivity index (χ3n) is 5.64. The van der Waals surface area contributed by atoms with Crippen LogP contribution in [0.25, 0.3) is 5.57 Å². The number of carbonyl (C=O) groups is 2. The van der Waals surface area contributed by atoms with Crippen molar-refractivity contribution in [2.24, 2.45) is 5.41 Å². The molecule has 5 nitrogen and oxygen atoms in total. The van der Waals surface area contributed by atoms with Gasteiger partial charge in [0.2, 0.25) is 0 Å². The smallest absolute Gasteiger partial charge is 0.252 e. The summed E-state index contributed by atoms with van der Waals surface area (Å²) in [5.74, 6) is -0.289. The lowest BCUT2D eigenvalue weighted by atomic mass is 9.65. The third-order valence-corrected chi connectivity index (χ3v) is 5.87. The fourth-order valence-electron chi connectivity index (χ4n) is 4.07. The summed E-state index contributed by atoms with van der Waals surface area (Å²) < 4.78 is 0. The van der Waals surface area contributed by atoms with Gasteiger partial charge in [0, 0.05) is 30.2 Å². The molecule has 3 aliphatic rings. The quantitative estimate of drug-likeness (QED) is 0.768. The second-order valence-corrected chi connectivity index (χ2v) is 8.36. The van der Waals surface area contributed by atoms with E-state index in [0.29, 0.717) is 29.3 Å². The maximum absolute atomic E-state index is 12.9. The van der Waals surface area contributed by atoms with Gasteiger partial charge < -0.3 is 15.5 Å². The summed E-state index contributed by atoms with van der Waals surface area (Å²) in [5.41, 5.74) is 3.36. The van der Waals surface area contributed by atoms with E-state index in [-0.39, 0.29) is 11.8 Å². The summed E-state index contributed by atoms with van der Waals surface area (Å²) in [6, 6.07) is 7.24. The molecular formula is C24H24ClN3O2. The molecule has 0 fully saturated rings. The van der Waals surface area contributed by atoms with Crippen molar-refractivity contribution in [3.8, 4) is 0 Å². The van der Waals surface area contributed by atoms with Crippen LogP contribution in [0.2, 0.25) is 0 Å². The Hall–Kier alpha value is -2.89. The number of allylic oxidation sites excluding steroid dienone is 6. The van der Waals surface area contributed by atoms with Crippen LogP contribution in [0.3, 0.4) is 0 Å². The Balaban J connectivity index is 1.72. The highest BCUT2D eigenvalue weighted by atomic mass is 35.5. The van der Waals surface area contributed by atoms with Gasteiger partial charge in [-0.2, -0.15) is 0 Å². The van der Waals surface area contributed by atoms with Crippen molar-refractivity contribution in [3.05, 3.63) is 88.0 Å². The molecule has 0 saturated heterocycles. The molecule has 1 heterocycles. The van der Waals surface area contributed by atoms with Gasteiger partial charge >= 0.3 is 0 Å². The molecule has 1 aromatic rings. The number of likely N-dealkylation sites (N-methyl/N-ethyl adjacent to an activating group) is 1. The summed E-state index contributed by atoms with van der Waals surface area (Å²) in [4.78, 5) is 27.5. The molecule has 1 spiro atoms. The molecule has 4 rings (SSSR count). The van der Waals surface area contributed by atoms with Crippen molar-refractivity contribution >= 4 is 29.0 Å². The van der Waals surface area contributed by atoms with Crippen molar-refractivity contribution in [1.29, 1.82) is 0 Å². The van der Waals surface area contributed by atoms with Gasteiger partial charge in [-0.05, 0) is 55.1 Å². The van der Waals surface area contributed by atoms with Gasteiger partial charge in [-0.1, -0.05) is 48.0 Å². The third kappa shape index (κ3) is 3.66. The van der Waals surface area contributed by atoms with Gasteiger partial charge in [-0.15, -0.1) is 0 Å². The zero-order chi connectivity index (χ0) is 21.3. The molecule has 1 aromatic carbocycles. The number of halogens is 1. The molecule has 2 N–H and O–H groups in total. The Morgan fingerprint density at radius 3 is 2.93 bits per heavy atom. The number of amides is 2. The zero-order valence-electron chi connectivity index (χ0n) is 17.0. The van der Waals surface area contributed by atoms with E-state index in [1.54, 1.807) is 12.1 Å². The summed E-state index contributed by atoms with van der Waals surface area (Å²) >= 11 is 6.22. The van der Waals surface area contributed by atoms with Crippen LogP contribution >= 0.6 is 11.6 Å². The number of nitrogens with zero attached hydrogens (tertiary/aromatic N) is 1. The molecule has 1 aliphatic heterocycles. The molecule has 0 saturated carbocycles. The van der Waals surface area contributed by atoms with E-state index in [4.69, 9.17) is 11.6 Å². The van der Waals surface area contributed by atoms with E-state index in [1.807, 2.05) is 61.5 Å². The monoisotopic (exact) mass is 421 g/mol. The number of hydrogen-bond donors (Lipinski definition) is 2. The number of benzene rings is 1. The molecule has 0 aromatic heterocycles. The Morgan fingerprint density at radius 2 is 2.13 bits per heavy atom. The fraction of sp³-hybridized carbons (Fsp3) is 0.250. The standard InChI is InChI=1S/C24H24ClN3O2/c1-28(2)12-11-26-22(29)17-6-3-5-16(13-17)21-20-8-4-7-18-14-19(25)9-10-24(18,20)15-27-23(21)30/h3-10,13-14H,11-12,15H2,1-2H3,(H,26,29)(H,27,30). The summed E-state index contributed by atoms with van der Waals surface area (Å²) in [7, 11) is 3.92. The normalized spacial score (nSPS) is 22.2. The van der Waals surface area contributed by atoms with Crippen LogP contribution in [0.4, 0.5) is 0 Å². The molecule has 0 radical (unpaired) electrons. The minimum absolute atomic E-state index is 0.138. The van der Waals surface area contributed by atoms with Crippen LogP contribution in [0.1, 0.15) is 15.9 Å². The first kappa shape index (κ1) is 20.4. The van der Waals surface area contributed by atoms with Gasteiger partial charge in [0.15, 0.2) is 0 Å². The number of carbonyl (C=O) groups excluding carboxylic acids is 2. The van der Waals surface area contributed by atoms with Crippen molar-refractivity contribution in [2.75, 3.05) is 33.7 Å². The van der Waals surface area contributed by atoms with E-state index in [0.717, 1.165) is 23.3 Å². The SMILES string of the molecule is CN(C)CCNC(=O)c1cccc(C2=C3C=CC=C4C=C(Cl)C=CC43CNC2=O)c1. The lowest BCUT2D eigenvalue weighted by Gasteiger charge is -2.42. The van der Waals surface area contributed by atoms with Gasteiger partial charge in [0.1, 0.15) is 0 Å². The van der Waals surface area contributed by atoms with Crippen LogP contribution in [0.15, 0.2) is 76.9 Å². The summed E-state index contributed by atoms with van der Waals surface area (Å²) in [5, 5.41) is 6.62. The Bertz CT molecular complexity index is 1060. The van der Waals surface area contributed by atoms with E-state index in [2.05, 4.69) is 16.7 Å². The van der Waals surface area contributed by atoms with Crippen LogP contribution in [-0.4, -0.2) is 50.4 Å². The minimum Gasteiger partial charge on any atom is -0.351 e. The van der Waals surface area contributed by atoms with Crippen molar-refractivity contribution in [2.45, 2.75) is 0 Å². The van der Waals surface area contributed by atoms with E-state index < -0.39 is 5.41 Å². The second-order valence-electron chi connectivity index (χ2n) is 7.93. The van der Waals surface area contributed by atoms with Crippen molar-refractivity contribution in [1.82, 2.24) is 15.5 Å². The predicted octanol–water partition coefficient (Wildman–Crippen LogP) is 3.04. The molecule has 1 unspecified atom stereocenters. The first-order chi connectivity index (χ1) is 14.4. The van der Waals surface area contributed by atoms with Crippen molar-refractivity contribution in [3.63, 3.8) is 0 Å². The average molecular weight is 422 g/mol. The molecule has 30 heavy (non-hydrogen) atoms. The molecule has 154 valence electrons. The number of nitrogens with one attached hydrogen (secondary N) is 2. The number of rotatable bonds is 5. The largest absolute Gasteiger partial charge is 0.351 e. The fourth-order valence-corrected chi connectivity index (χ4v) is 4.25. The highest BCUT2D eigenvalue weighted by Gasteiger charge is 2.43. The van der Waals surface area contributed by atoms with Crippen LogP contribution in [0, 0.1) is 5.41 Å². The maximum Gasteiger partial charge on any atom is 0.252 e. The van der Waals surface area contributed by atoms with Gasteiger partial charge in [0.25, 0.3) is 11.8 Å². The molecule has 2 aliphatic carbocycles. The van der Waals surface area contributed by atoms with E-state index >= 15 is 0 Å². The summed E-state index contributed by atoms with van der Waals surface area (Å²) in [6.45, 7) is 1.79. The molecular weight excluding hydrogens is 398 g/mol. The Labute approximate surface area is 181 Å². The topological polar surface area (TPSA) is 61.4 Å². The highest BCUT2D eigenvalue weighted by Crippen LogP contribution is 2.48. The average Bonchev–Trinajstić information content (AvgIpc) is 2.73. The minimum atomic E-state index is -0.444. The van der Waals surface area contributed by atoms with E-state index in [9.17, 15) is 9.59 Å². The highest BCUT2D eigenvalue weighted by molar-refractivity contribution is 6.31. The second kappa shape index (κ2) is 8.09. The van der Waals surface area contributed by atoms with Crippen LogP contribution < -0.4 is 10.6 Å².